The lowest BCUT2D eigenvalue weighted by atomic mass is 9.94. The molecule has 0 aromatic carbocycles. The Morgan fingerprint density at radius 3 is 2.84 bits per heavy atom. The predicted molar refractivity (Wildman–Crippen MR) is 76.7 cm³/mol. The molecule has 0 bridgehead atoms. The second-order valence-electron chi connectivity index (χ2n) is 5.40. The zero-order valence-electron chi connectivity index (χ0n) is 12.1. The van der Waals surface area contributed by atoms with Crippen LogP contribution in [0.5, 0.6) is 0 Å². The molecule has 2 rings (SSSR count). The first-order valence-corrected chi connectivity index (χ1v) is 7.66. The first-order chi connectivity index (χ1) is 9.35. The molecule has 1 fully saturated rings. The molecular formula is C14H27N5. The molecule has 1 aliphatic rings. The van der Waals surface area contributed by atoms with Gasteiger partial charge in [0.05, 0.1) is 6.54 Å². The molecule has 1 aromatic heterocycles. The van der Waals surface area contributed by atoms with Gasteiger partial charge in [-0.3, -0.25) is 4.90 Å². The number of aryl methyl sites for hydroxylation is 1. The van der Waals surface area contributed by atoms with E-state index < -0.39 is 0 Å². The summed E-state index contributed by atoms with van der Waals surface area (Å²) in [6.45, 7) is 5.77. The molecule has 2 N–H and O–H groups in total. The van der Waals surface area contributed by atoms with Crippen LogP contribution in [0.4, 0.5) is 0 Å². The van der Waals surface area contributed by atoms with Crippen molar-refractivity contribution >= 4 is 0 Å². The molecule has 0 radical (unpaired) electrons. The monoisotopic (exact) mass is 265 g/mol. The topological polar surface area (TPSA) is 60.0 Å². The lowest BCUT2D eigenvalue weighted by molar-refractivity contribution is 0.141. The van der Waals surface area contributed by atoms with Gasteiger partial charge in [-0.15, -0.1) is 0 Å². The molecule has 1 saturated carbocycles. The molecular weight excluding hydrogens is 238 g/mol. The van der Waals surface area contributed by atoms with Crippen LogP contribution in [0, 0.1) is 0 Å². The minimum Gasteiger partial charge on any atom is -0.330 e. The molecule has 1 heterocycles. The Bertz CT molecular complexity index is 356. The molecule has 0 saturated heterocycles. The maximum atomic E-state index is 5.68. The molecule has 0 unspecified atom stereocenters. The van der Waals surface area contributed by atoms with Crippen molar-refractivity contribution in [2.45, 2.75) is 64.6 Å². The van der Waals surface area contributed by atoms with Gasteiger partial charge in [0.25, 0.3) is 0 Å². The van der Waals surface area contributed by atoms with Crippen molar-refractivity contribution in [3.05, 3.63) is 12.2 Å². The molecule has 108 valence electrons. The fraction of sp³-hybridized carbons (Fsp3) is 0.857. The number of hydrogen-bond donors (Lipinski definition) is 1. The van der Waals surface area contributed by atoms with Gasteiger partial charge in [0.15, 0.2) is 0 Å². The fourth-order valence-electron chi connectivity index (χ4n) is 2.99. The second-order valence-corrected chi connectivity index (χ2v) is 5.40. The largest absolute Gasteiger partial charge is 0.330 e. The summed E-state index contributed by atoms with van der Waals surface area (Å²) in [5.74, 6) is 1.09. The van der Waals surface area contributed by atoms with Crippen LogP contribution in [0.1, 0.15) is 51.3 Å². The lowest BCUT2D eigenvalue weighted by Crippen LogP contribution is -2.38. The smallest absolute Gasteiger partial charge is 0.141 e. The van der Waals surface area contributed by atoms with E-state index in [9.17, 15) is 0 Å². The first kappa shape index (κ1) is 14.5. The Labute approximate surface area is 116 Å². The van der Waals surface area contributed by atoms with Gasteiger partial charge in [-0.2, -0.15) is 5.10 Å². The van der Waals surface area contributed by atoms with E-state index in [4.69, 9.17) is 5.73 Å². The highest BCUT2D eigenvalue weighted by molar-refractivity contribution is 4.87. The zero-order valence-corrected chi connectivity index (χ0v) is 12.1. The Kier molecular flexibility index (Phi) is 5.79. The molecule has 0 atom stereocenters. The van der Waals surface area contributed by atoms with Crippen LogP contribution in [0.2, 0.25) is 0 Å². The van der Waals surface area contributed by atoms with Gasteiger partial charge in [0, 0.05) is 19.1 Å². The minimum absolute atomic E-state index is 0.710. The molecule has 0 amide bonds. The van der Waals surface area contributed by atoms with Gasteiger partial charge in [0.1, 0.15) is 12.2 Å². The number of rotatable bonds is 7. The van der Waals surface area contributed by atoms with E-state index in [2.05, 4.69) is 21.9 Å². The van der Waals surface area contributed by atoms with Gasteiger partial charge < -0.3 is 5.73 Å². The highest BCUT2D eigenvalue weighted by Crippen LogP contribution is 2.23. The van der Waals surface area contributed by atoms with Crippen molar-refractivity contribution in [3.8, 4) is 0 Å². The van der Waals surface area contributed by atoms with Crippen LogP contribution >= 0.6 is 0 Å². The summed E-state index contributed by atoms with van der Waals surface area (Å²) in [7, 11) is 0. The van der Waals surface area contributed by atoms with Crippen LogP contribution < -0.4 is 5.73 Å². The first-order valence-electron chi connectivity index (χ1n) is 7.66. The molecule has 0 spiro atoms. The summed E-state index contributed by atoms with van der Waals surface area (Å²) in [5, 5.41) is 4.27. The molecule has 1 aromatic rings. The lowest BCUT2D eigenvalue weighted by Gasteiger charge is -2.34. The number of nitrogens with zero attached hydrogens (tertiary/aromatic N) is 4. The average molecular weight is 265 g/mol. The standard InChI is InChI=1S/C14H27N5/c1-2-19-14(16-12-17-19)11-18(10-6-9-15)13-7-4-3-5-8-13/h12-13H,2-11,15H2,1H3. The molecule has 1 aliphatic carbocycles. The quantitative estimate of drug-likeness (QED) is 0.816. The van der Waals surface area contributed by atoms with Crippen LogP contribution in [-0.2, 0) is 13.1 Å². The summed E-state index contributed by atoms with van der Waals surface area (Å²) in [5.41, 5.74) is 5.68. The maximum absolute atomic E-state index is 5.68. The van der Waals surface area contributed by atoms with E-state index in [0.29, 0.717) is 6.04 Å². The SMILES string of the molecule is CCn1ncnc1CN(CCCN)C1CCCCC1. The van der Waals surface area contributed by atoms with Crippen molar-refractivity contribution in [2.24, 2.45) is 5.73 Å². The van der Waals surface area contributed by atoms with Crippen molar-refractivity contribution < 1.29 is 0 Å². The van der Waals surface area contributed by atoms with Gasteiger partial charge >= 0.3 is 0 Å². The number of aromatic nitrogens is 3. The molecule has 5 nitrogen and oxygen atoms in total. The van der Waals surface area contributed by atoms with E-state index in [0.717, 1.165) is 38.4 Å². The Hall–Kier alpha value is -0.940. The summed E-state index contributed by atoms with van der Waals surface area (Å²) >= 11 is 0. The summed E-state index contributed by atoms with van der Waals surface area (Å²) in [4.78, 5) is 6.98. The Morgan fingerprint density at radius 1 is 1.37 bits per heavy atom. The Morgan fingerprint density at radius 2 is 2.16 bits per heavy atom. The normalized spacial score (nSPS) is 17.2. The molecule has 19 heavy (non-hydrogen) atoms. The summed E-state index contributed by atoms with van der Waals surface area (Å²) in [6.07, 6.45) is 9.51. The van der Waals surface area contributed by atoms with Crippen LogP contribution in [0.15, 0.2) is 6.33 Å². The third-order valence-electron chi connectivity index (χ3n) is 4.08. The van der Waals surface area contributed by atoms with Crippen molar-refractivity contribution in [1.82, 2.24) is 19.7 Å². The van der Waals surface area contributed by atoms with E-state index >= 15 is 0 Å². The zero-order chi connectivity index (χ0) is 13.5. The summed E-state index contributed by atoms with van der Waals surface area (Å²) < 4.78 is 2.00. The van der Waals surface area contributed by atoms with Crippen LogP contribution in [-0.4, -0.2) is 38.8 Å². The second kappa shape index (κ2) is 7.60. The number of nitrogens with two attached hydrogens (primary N) is 1. The van der Waals surface area contributed by atoms with Crippen molar-refractivity contribution in [3.63, 3.8) is 0 Å². The predicted octanol–water partition coefficient (Wildman–Crippen LogP) is 1.78. The molecule has 0 aliphatic heterocycles. The van der Waals surface area contributed by atoms with Gasteiger partial charge in [-0.25, -0.2) is 9.67 Å². The van der Waals surface area contributed by atoms with Crippen molar-refractivity contribution in [1.29, 1.82) is 0 Å². The van der Waals surface area contributed by atoms with Crippen LogP contribution in [0.25, 0.3) is 0 Å². The highest BCUT2D eigenvalue weighted by atomic mass is 15.3. The van der Waals surface area contributed by atoms with E-state index in [1.54, 1.807) is 6.33 Å². The van der Waals surface area contributed by atoms with Crippen LogP contribution in [0.3, 0.4) is 0 Å². The minimum atomic E-state index is 0.710. The van der Waals surface area contributed by atoms with Crippen molar-refractivity contribution in [2.75, 3.05) is 13.1 Å². The van der Waals surface area contributed by atoms with Gasteiger partial charge in [-0.05, 0) is 32.7 Å². The highest BCUT2D eigenvalue weighted by Gasteiger charge is 2.22. The van der Waals surface area contributed by atoms with E-state index in [-0.39, 0.29) is 0 Å². The maximum Gasteiger partial charge on any atom is 0.141 e. The summed E-state index contributed by atoms with van der Waals surface area (Å²) in [6, 6.07) is 0.710. The fourth-order valence-corrected chi connectivity index (χ4v) is 2.99. The third kappa shape index (κ3) is 4.01. The van der Waals surface area contributed by atoms with Gasteiger partial charge in [0.2, 0.25) is 0 Å². The van der Waals surface area contributed by atoms with E-state index in [1.807, 2.05) is 4.68 Å². The third-order valence-corrected chi connectivity index (χ3v) is 4.08. The average Bonchev–Trinajstić information content (AvgIpc) is 2.91. The van der Waals surface area contributed by atoms with E-state index in [1.165, 1.54) is 32.1 Å². The number of hydrogen-bond acceptors (Lipinski definition) is 4. The Balaban J connectivity index is 1.99. The van der Waals surface area contributed by atoms with Gasteiger partial charge in [-0.1, -0.05) is 19.3 Å². The molecule has 5 heteroatoms.